The van der Waals surface area contributed by atoms with Crippen LogP contribution in [0.2, 0.25) is 0 Å². The van der Waals surface area contributed by atoms with Crippen molar-refractivity contribution in [3.05, 3.63) is 35.9 Å². The van der Waals surface area contributed by atoms with Crippen LogP contribution < -0.4 is 5.73 Å². The minimum Gasteiger partial charge on any atom is -0.384 e. The number of ether oxygens (including phenoxy) is 1. The van der Waals surface area contributed by atoms with Gasteiger partial charge in [0.2, 0.25) is 0 Å². The summed E-state index contributed by atoms with van der Waals surface area (Å²) in [6, 6.07) is 9.81. The first-order chi connectivity index (χ1) is 8.74. The fraction of sp³-hybridized carbons (Fsp3) is 0.231. The first kappa shape index (κ1) is 11.5. The van der Waals surface area contributed by atoms with Crippen LogP contribution in [-0.2, 0) is 4.74 Å². The predicted octanol–water partition coefficient (Wildman–Crippen LogP) is 2.01. The van der Waals surface area contributed by atoms with Crippen LogP contribution in [0.4, 0.5) is 0 Å². The number of aromatic nitrogens is 1. The summed E-state index contributed by atoms with van der Waals surface area (Å²) in [5, 5.41) is 9.93. The minimum atomic E-state index is 0.0657. The summed E-state index contributed by atoms with van der Waals surface area (Å²) >= 11 is 1.64. The van der Waals surface area contributed by atoms with E-state index >= 15 is 0 Å². The molecule has 92 valence electrons. The van der Waals surface area contributed by atoms with Gasteiger partial charge >= 0.3 is 0 Å². The summed E-state index contributed by atoms with van der Waals surface area (Å²) in [4.78, 5) is 4.60. The summed E-state index contributed by atoms with van der Waals surface area (Å²) < 4.78 is 5.16. The third kappa shape index (κ3) is 2.07. The third-order valence-corrected chi connectivity index (χ3v) is 4.00. The lowest BCUT2D eigenvalue weighted by atomic mass is 10.1. The van der Waals surface area contributed by atoms with Crippen molar-refractivity contribution < 1.29 is 4.74 Å². The van der Waals surface area contributed by atoms with Gasteiger partial charge in [-0.25, -0.2) is 4.98 Å². The van der Waals surface area contributed by atoms with Crippen LogP contribution >= 0.6 is 11.8 Å². The molecule has 0 atom stereocenters. The molecule has 4 nitrogen and oxygen atoms in total. The summed E-state index contributed by atoms with van der Waals surface area (Å²) in [6.07, 6.45) is 0. The summed E-state index contributed by atoms with van der Waals surface area (Å²) in [5.41, 5.74) is 7.29. The molecule has 3 rings (SSSR count). The van der Waals surface area contributed by atoms with Crippen molar-refractivity contribution in [3.8, 4) is 0 Å². The molecule has 0 saturated carbocycles. The van der Waals surface area contributed by atoms with Crippen LogP contribution in [0.5, 0.6) is 0 Å². The molecule has 1 aliphatic heterocycles. The van der Waals surface area contributed by atoms with E-state index in [0.717, 1.165) is 29.1 Å². The molecule has 2 aromatic rings. The van der Waals surface area contributed by atoms with E-state index in [9.17, 15) is 0 Å². The van der Waals surface area contributed by atoms with Gasteiger partial charge in [0.15, 0.2) is 0 Å². The SMILES string of the molecule is N=C(N)c1cc2ccccc2nc1SC1COC1. The Morgan fingerprint density at radius 3 is 2.83 bits per heavy atom. The minimum absolute atomic E-state index is 0.0657. The smallest absolute Gasteiger partial charge is 0.125 e. The Bertz CT molecular complexity index is 610. The second-order valence-electron chi connectivity index (χ2n) is 4.22. The maximum Gasteiger partial charge on any atom is 0.125 e. The van der Waals surface area contributed by atoms with Gasteiger partial charge in [-0.1, -0.05) is 30.0 Å². The highest BCUT2D eigenvalue weighted by Gasteiger charge is 2.22. The number of benzene rings is 1. The van der Waals surface area contributed by atoms with Crippen molar-refractivity contribution in [1.82, 2.24) is 4.98 Å². The standard InChI is InChI=1S/C13H13N3OS/c14-12(15)10-5-8-3-1-2-4-11(8)16-13(10)18-9-6-17-7-9/h1-5,9H,6-7H2,(H3,14,15). The van der Waals surface area contributed by atoms with E-state index in [1.54, 1.807) is 11.8 Å². The maximum atomic E-state index is 7.66. The van der Waals surface area contributed by atoms with Crippen LogP contribution in [0, 0.1) is 5.41 Å². The Balaban J connectivity index is 2.07. The van der Waals surface area contributed by atoms with Crippen molar-refractivity contribution in [1.29, 1.82) is 5.41 Å². The number of thioether (sulfide) groups is 1. The average Bonchev–Trinajstić information content (AvgIpc) is 2.32. The van der Waals surface area contributed by atoms with Gasteiger partial charge in [0.1, 0.15) is 10.9 Å². The van der Waals surface area contributed by atoms with Crippen molar-refractivity contribution in [2.24, 2.45) is 5.73 Å². The molecule has 1 saturated heterocycles. The van der Waals surface area contributed by atoms with E-state index in [-0.39, 0.29) is 5.84 Å². The van der Waals surface area contributed by atoms with Gasteiger partial charge in [-0.15, -0.1) is 0 Å². The zero-order valence-corrected chi connectivity index (χ0v) is 10.5. The molecule has 0 aliphatic carbocycles. The molecule has 3 N–H and O–H groups in total. The Hall–Kier alpha value is -1.59. The molecule has 2 heterocycles. The van der Waals surface area contributed by atoms with Crippen LogP contribution in [0.15, 0.2) is 35.4 Å². The number of rotatable bonds is 3. The van der Waals surface area contributed by atoms with Crippen LogP contribution in [-0.4, -0.2) is 29.3 Å². The van der Waals surface area contributed by atoms with Gasteiger partial charge in [0.05, 0.1) is 24.0 Å². The zero-order chi connectivity index (χ0) is 12.5. The van der Waals surface area contributed by atoms with E-state index in [0.29, 0.717) is 10.8 Å². The number of nitrogen functional groups attached to an aromatic ring is 1. The van der Waals surface area contributed by atoms with Crippen molar-refractivity contribution in [2.75, 3.05) is 13.2 Å². The van der Waals surface area contributed by atoms with Gasteiger partial charge in [0, 0.05) is 10.9 Å². The molecular weight excluding hydrogens is 246 g/mol. The molecule has 1 fully saturated rings. The Labute approximate surface area is 109 Å². The largest absolute Gasteiger partial charge is 0.384 e. The molecule has 0 spiro atoms. The molecule has 18 heavy (non-hydrogen) atoms. The van der Waals surface area contributed by atoms with Crippen LogP contribution in [0.25, 0.3) is 10.9 Å². The number of para-hydroxylation sites is 1. The lowest BCUT2D eigenvalue weighted by Gasteiger charge is -2.25. The van der Waals surface area contributed by atoms with Gasteiger partial charge in [-0.3, -0.25) is 5.41 Å². The molecule has 0 bridgehead atoms. The Kier molecular flexibility index (Phi) is 2.93. The second-order valence-corrected chi connectivity index (χ2v) is 5.51. The van der Waals surface area contributed by atoms with Crippen molar-refractivity contribution >= 4 is 28.5 Å². The second kappa shape index (κ2) is 4.59. The van der Waals surface area contributed by atoms with Gasteiger partial charge < -0.3 is 10.5 Å². The number of hydrogen-bond donors (Lipinski definition) is 2. The van der Waals surface area contributed by atoms with E-state index in [1.807, 2.05) is 30.3 Å². The quantitative estimate of drug-likeness (QED) is 0.653. The van der Waals surface area contributed by atoms with Crippen LogP contribution in [0.1, 0.15) is 5.56 Å². The first-order valence-corrected chi connectivity index (χ1v) is 6.60. The molecule has 0 amide bonds. The third-order valence-electron chi connectivity index (χ3n) is 2.86. The lowest BCUT2D eigenvalue weighted by Crippen LogP contribution is -2.30. The number of hydrogen-bond acceptors (Lipinski definition) is 4. The number of fused-ring (bicyclic) bond motifs is 1. The normalized spacial score (nSPS) is 15.6. The molecular formula is C13H13N3OS. The molecule has 0 radical (unpaired) electrons. The monoisotopic (exact) mass is 259 g/mol. The zero-order valence-electron chi connectivity index (χ0n) is 9.72. The van der Waals surface area contributed by atoms with E-state index in [4.69, 9.17) is 15.9 Å². The fourth-order valence-electron chi connectivity index (χ4n) is 1.82. The van der Waals surface area contributed by atoms with E-state index < -0.39 is 0 Å². The molecule has 5 heteroatoms. The number of nitrogens with two attached hydrogens (primary N) is 1. The van der Waals surface area contributed by atoms with Gasteiger partial charge in [0.25, 0.3) is 0 Å². The highest BCUT2D eigenvalue weighted by molar-refractivity contribution is 8.00. The van der Waals surface area contributed by atoms with Crippen molar-refractivity contribution in [3.63, 3.8) is 0 Å². The lowest BCUT2D eigenvalue weighted by molar-refractivity contribution is 0.0455. The molecule has 1 aromatic carbocycles. The number of nitrogens with zero attached hydrogens (tertiary/aromatic N) is 1. The summed E-state index contributed by atoms with van der Waals surface area (Å²) in [6.45, 7) is 1.49. The summed E-state index contributed by atoms with van der Waals surface area (Å²) in [5.74, 6) is 0.0657. The Morgan fingerprint density at radius 1 is 1.39 bits per heavy atom. The average molecular weight is 259 g/mol. The number of pyridine rings is 1. The highest BCUT2D eigenvalue weighted by atomic mass is 32.2. The topological polar surface area (TPSA) is 72.0 Å². The van der Waals surface area contributed by atoms with Gasteiger partial charge in [-0.2, -0.15) is 0 Å². The predicted molar refractivity (Wildman–Crippen MR) is 73.2 cm³/mol. The number of amidine groups is 1. The first-order valence-electron chi connectivity index (χ1n) is 5.72. The fourth-order valence-corrected chi connectivity index (χ4v) is 2.91. The highest BCUT2D eigenvalue weighted by Crippen LogP contribution is 2.31. The summed E-state index contributed by atoms with van der Waals surface area (Å²) in [7, 11) is 0. The van der Waals surface area contributed by atoms with Crippen LogP contribution in [0.3, 0.4) is 0 Å². The van der Waals surface area contributed by atoms with Gasteiger partial charge in [-0.05, 0) is 12.1 Å². The number of nitrogens with one attached hydrogen (secondary N) is 1. The van der Waals surface area contributed by atoms with E-state index in [1.165, 1.54) is 0 Å². The molecule has 0 unspecified atom stereocenters. The molecule has 1 aromatic heterocycles. The molecule has 1 aliphatic rings. The van der Waals surface area contributed by atoms with E-state index in [2.05, 4.69) is 4.98 Å². The Morgan fingerprint density at radius 2 is 2.17 bits per heavy atom. The van der Waals surface area contributed by atoms with Crippen molar-refractivity contribution in [2.45, 2.75) is 10.3 Å². The maximum absolute atomic E-state index is 7.66.